The maximum Gasteiger partial charge on any atom is 0.138 e. The van der Waals surface area contributed by atoms with Crippen LogP contribution in [0.4, 0.5) is 0 Å². The lowest BCUT2D eigenvalue weighted by Crippen LogP contribution is -1.89. The van der Waals surface area contributed by atoms with Crippen molar-refractivity contribution in [3.63, 3.8) is 0 Å². The van der Waals surface area contributed by atoms with E-state index in [1.165, 1.54) is 21.9 Å². The minimum Gasteiger partial charge on any atom is -0.456 e. The third-order valence-electron chi connectivity index (χ3n) is 4.40. The van der Waals surface area contributed by atoms with Gasteiger partial charge in [0, 0.05) is 24.0 Å². The maximum atomic E-state index is 6.12. The fourth-order valence-corrected chi connectivity index (χ4v) is 3.20. The summed E-state index contributed by atoms with van der Waals surface area (Å²) in [6.07, 6.45) is 4.92. The van der Waals surface area contributed by atoms with Gasteiger partial charge in [-0.3, -0.25) is 4.99 Å². The normalized spacial score (nSPS) is 12.4. The lowest BCUT2D eigenvalue weighted by atomic mass is 10.0. The summed E-state index contributed by atoms with van der Waals surface area (Å²) in [4.78, 5) is 4.21. The van der Waals surface area contributed by atoms with E-state index in [0.717, 1.165) is 23.2 Å². The van der Waals surface area contributed by atoms with Gasteiger partial charge in [-0.25, -0.2) is 0 Å². The Balaban J connectivity index is 1.77. The molecular weight excluding hydrogens is 306 g/mol. The van der Waals surface area contributed by atoms with Crippen LogP contribution in [-0.2, 0) is 6.42 Å². The van der Waals surface area contributed by atoms with Gasteiger partial charge in [0.1, 0.15) is 11.2 Å². The molecule has 25 heavy (non-hydrogen) atoms. The van der Waals surface area contributed by atoms with Crippen molar-refractivity contribution in [3.8, 4) is 0 Å². The van der Waals surface area contributed by atoms with Crippen LogP contribution in [-0.4, -0.2) is 13.3 Å². The number of hydrogen-bond acceptors (Lipinski definition) is 2. The Morgan fingerprint density at radius 1 is 0.880 bits per heavy atom. The van der Waals surface area contributed by atoms with Gasteiger partial charge >= 0.3 is 0 Å². The van der Waals surface area contributed by atoms with Crippen molar-refractivity contribution in [1.29, 1.82) is 0 Å². The lowest BCUT2D eigenvalue weighted by molar-refractivity contribution is 0.664. The van der Waals surface area contributed by atoms with Crippen molar-refractivity contribution in [2.75, 3.05) is 7.05 Å². The van der Waals surface area contributed by atoms with Crippen LogP contribution in [0.5, 0.6) is 0 Å². The molecule has 0 saturated heterocycles. The summed E-state index contributed by atoms with van der Waals surface area (Å²) in [5.74, 6) is 0. The molecule has 0 aliphatic heterocycles. The Kier molecular flexibility index (Phi) is 4.17. The molecule has 0 saturated carbocycles. The van der Waals surface area contributed by atoms with Crippen molar-refractivity contribution in [1.82, 2.24) is 0 Å². The number of hydrogen-bond donors (Lipinski definition) is 0. The highest BCUT2D eigenvalue weighted by molar-refractivity contribution is 6.10. The predicted molar refractivity (Wildman–Crippen MR) is 106 cm³/mol. The molecule has 3 aromatic carbocycles. The van der Waals surface area contributed by atoms with Crippen LogP contribution in [0.3, 0.4) is 0 Å². The van der Waals surface area contributed by atoms with E-state index >= 15 is 0 Å². The molecule has 2 nitrogen and oxygen atoms in total. The molecule has 0 radical (unpaired) electrons. The summed E-state index contributed by atoms with van der Waals surface area (Å²) < 4.78 is 6.12. The molecule has 1 heterocycles. The molecule has 122 valence electrons. The van der Waals surface area contributed by atoms with Crippen molar-refractivity contribution in [2.45, 2.75) is 6.42 Å². The molecule has 4 aromatic rings. The number of fused-ring (bicyclic) bond motifs is 3. The molecule has 1 aromatic heterocycles. The number of para-hydroxylation sites is 2. The lowest BCUT2D eigenvalue weighted by Gasteiger charge is -2.03. The average molecular weight is 325 g/mol. The van der Waals surface area contributed by atoms with Crippen LogP contribution >= 0.6 is 0 Å². The number of benzene rings is 3. The van der Waals surface area contributed by atoms with Gasteiger partial charge < -0.3 is 4.42 Å². The van der Waals surface area contributed by atoms with Crippen LogP contribution in [0.1, 0.15) is 11.1 Å². The first kappa shape index (κ1) is 15.4. The van der Waals surface area contributed by atoms with Crippen LogP contribution < -0.4 is 0 Å². The zero-order valence-electron chi connectivity index (χ0n) is 14.1. The molecule has 0 aliphatic carbocycles. The van der Waals surface area contributed by atoms with Gasteiger partial charge in [-0.1, -0.05) is 72.8 Å². The van der Waals surface area contributed by atoms with E-state index in [2.05, 4.69) is 53.5 Å². The second-order valence-corrected chi connectivity index (χ2v) is 6.01. The highest BCUT2D eigenvalue weighted by atomic mass is 16.3. The molecule has 0 amide bonds. The Hall–Kier alpha value is -3.13. The zero-order valence-corrected chi connectivity index (χ0v) is 14.1. The molecule has 0 aliphatic rings. The Morgan fingerprint density at radius 2 is 1.64 bits per heavy atom. The van der Waals surface area contributed by atoms with Crippen LogP contribution in [0.25, 0.3) is 27.5 Å². The van der Waals surface area contributed by atoms with Crippen molar-refractivity contribution in [3.05, 3.63) is 90.0 Å². The SMILES string of the molecule is CN=C/C(=C\Cc1cccc2c1oc1ccccc12)c1ccccc1. The summed E-state index contributed by atoms with van der Waals surface area (Å²) >= 11 is 0. The first-order valence-electron chi connectivity index (χ1n) is 8.43. The molecule has 0 N–H and O–H groups in total. The number of nitrogens with zero attached hydrogens (tertiary/aromatic N) is 1. The highest BCUT2D eigenvalue weighted by Gasteiger charge is 2.09. The van der Waals surface area contributed by atoms with Gasteiger partial charge in [-0.05, 0) is 29.2 Å². The van der Waals surface area contributed by atoms with Crippen molar-refractivity contribution in [2.24, 2.45) is 4.99 Å². The summed E-state index contributed by atoms with van der Waals surface area (Å²) in [6, 6.07) is 24.9. The second kappa shape index (κ2) is 6.78. The summed E-state index contributed by atoms with van der Waals surface area (Å²) in [5, 5.41) is 2.34. The number of rotatable bonds is 4. The molecule has 2 heteroatoms. The molecule has 0 bridgehead atoms. The van der Waals surface area contributed by atoms with E-state index < -0.39 is 0 Å². The minimum absolute atomic E-state index is 0.799. The molecular formula is C23H19NO. The standard InChI is InChI=1S/C23H19NO/c1-24-16-19(17-8-3-2-4-9-17)15-14-18-10-7-12-21-20-11-5-6-13-22(20)25-23(18)21/h2-13,15-16H,14H2,1H3/b19-15+,24-16?. The van der Waals surface area contributed by atoms with E-state index in [9.17, 15) is 0 Å². The fourth-order valence-electron chi connectivity index (χ4n) is 3.20. The summed E-state index contributed by atoms with van der Waals surface area (Å²) in [6.45, 7) is 0. The van der Waals surface area contributed by atoms with Gasteiger partial charge in [0.05, 0.1) is 0 Å². The van der Waals surface area contributed by atoms with E-state index in [1.807, 2.05) is 36.5 Å². The first-order chi connectivity index (χ1) is 12.4. The predicted octanol–water partition coefficient (Wildman–Crippen LogP) is 5.91. The molecule has 0 atom stereocenters. The first-order valence-corrected chi connectivity index (χ1v) is 8.43. The van der Waals surface area contributed by atoms with E-state index in [4.69, 9.17) is 4.42 Å². The molecule has 4 rings (SSSR count). The van der Waals surface area contributed by atoms with Crippen LogP contribution in [0.2, 0.25) is 0 Å². The number of furan rings is 1. The van der Waals surface area contributed by atoms with E-state index in [1.54, 1.807) is 7.05 Å². The maximum absolute atomic E-state index is 6.12. The van der Waals surface area contributed by atoms with Crippen molar-refractivity contribution >= 4 is 33.7 Å². The Morgan fingerprint density at radius 3 is 2.48 bits per heavy atom. The van der Waals surface area contributed by atoms with Crippen molar-refractivity contribution < 1.29 is 4.42 Å². The molecule has 0 unspecified atom stereocenters. The van der Waals surface area contributed by atoms with Gasteiger partial charge in [0.25, 0.3) is 0 Å². The Bertz CT molecular complexity index is 1070. The highest BCUT2D eigenvalue weighted by Crippen LogP contribution is 2.31. The van der Waals surface area contributed by atoms with Gasteiger partial charge in [0.2, 0.25) is 0 Å². The molecule has 0 spiro atoms. The van der Waals surface area contributed by atoms with Gasteiger partial charge in [-0.15, -0.1) is 0 Å². The zero-order chi connectivity index (χ0) is 17.1. The number of allylic oxidation sites excluding steroid dienone is 2. The quantitative estimate of drug-likeness (QED) is 0.428. The third-order valence-corrected chi connectivity index (χ3v) is 4.40. The summed E-state index contributed by atoms with van der Waals surface area (Å²) in [7, 11) is 1.80. The molecule has 0 fully saturated rings. The smallest absolute Gasteiger partial charge is 0.138 e. The topological polar surface area (TPSA) is 25.5 Å². The van der Waals surface area contributed by atoms with E-state index in [-0.39, 0.29) is 0 Å². The monoisotopic (exact) mass is 325 g/mol. The van der Waals surface area contributed by atoms with Gasteiger partial charge in [-0.2, -0.15) is 0 Å². The van der Waals surface area contributed by atoms with Crippen LogP contribution in [0, 0.1) is 0 Å². The minimum atomic E-state index is 0.799. The van der Waals surface area contributed by atoms with Crippen LogP contribution in [0.15, 0.2) is 88.3 Å². The third kappa shape index (κ3) is 2.99. The van der Waals surface area contributed by atoms with E-state index in [0.29, 0.717) is 0 Å². The van der Waals surface area contributed by atoms with Gasteiger partial charge in [0.15, 0.2) is 0 Å². The summed E-state index contributed by atoms with van der Waals surface area (Å²) in [5.41, 5.74) is 5.39. The fraction of sp³-hybridized carbons (Fsp3) is 0.0870. The number of aliphatic imine (C=N–C) groups is 1. The largest absolute Gasteiger partial charge is 0.456 e. The second-order valence-electron chi connectivity index (χ2n) is 6.01. The average Bonchev–Trinajstić information content (AvgIpc) is 3.05. The Labute approximate surface area is 147 Å².